The highest BCUT2D eigenvalue weighted by molar-refractivity contribution is 5.25. The maximum atomic E-state index is 6.19. The normalized spacial score (nSPS) is 20.9. The van der Waals surface area contributed by atoms with Crippen molar-refractivity contribution < 1.29 is 9.47 Å². The minimum absolute atomic E-state index is 0.0158. The van der Waals surface area contributed by atoms with Crippen molar-refractivity contribution in [1.29, 1.82) is 0 Å². The number of pyridine rings is 1. The third-order valence-electron chi connectivity index (χ3n) is 3.30. The fourth-order valence-corrected chi connectivity index (χ4v) is 2.29. The Bertz CT molecular complexity index is 365. The summed E-state index contributed by atoms with van der Waals surface area (Å²) in [5.41, 5.74) is 7.23. The predicted octanol–water partition coefficient (Wildman–Crippen LogP) is 2.44. The third kappa shape index (κ3) is 3.68. The van der Waals surface area contributed by atoms with Gasteiger partial charge in [-0.25, -0.2) is 0 Å². The predicted molar refractivity (Wildman–Crippen MR) is 70.5 cm³/mol. The number of ether oxygens (including phenoxy) is 2. The molecule has 2 rings (SSSR count). The van der Waals surface area contributed by atoms with E-state index < -0.39 is 0 Å². The summed E-state index contributed by atoms with van der Waals surface area (Å²) >= 11 is 0. The lowest BCUT2D eigenvalue weighted by Gasteiger charge is -2.15. The fourth-order valence-electron chi connectivity index (χ4n) is 2.29. The quantitative estimate of drug-likeness (QED) is 0.842. The van der Waals surface area contributed by atoms with Crippen molar-refractivity contribution in [3.05, 3.63) is 24.0 Å². The van der Waals surface area contributed by atoms with E-state index in [0.29, 0.717) is 12.7 Å². The Kier molecular flexibility index (Phi) is 4.96. The van der Waals surface area contributed by atoms with Crippen LogP contribution in [-0.2, 0) is 4.74 Å². The molecule has 1 aromatic rings. The van der Waals surface area contributed by atoms with E-state index >= 15 is 0 Å². The zero-order valence-electron chi connectivity index (χ0n) is 11.0. The number of hydrogen-bond acceptors (Lipinski definition) is 4. The molecule has 1 fully saturated rings. The van der Waals surface area contributed by atoms with E-state index in [1.807, 2.05) is 19.2 Å². The number of nitrogens with zero attached hydrogens (tertiary/aromatic N) is 1. The summed E-state index contributed by atoms with van der Waals surface area (Å²) in [5.74, 6) is 0.794. The van der Waals surface area contributed by atoms with Gasteiger partial charge in [-0.15, -0.1) is 0 Å². The topological polar surface area (TPSA) is 57.4 Å². The van der Waals surface area contributed by atoms with Crippen molar-refractivity contribution in [3.63, 3.8) is 0 Å². The van der Waals surface area contributed by atoms with Gasteiger partial charge in [-0.05, 0) is 44.2 Å². The van der Waals surface area contributed by atoms with Gasteiger partial charge in [0.25, 0.3) is 0 Å². The zero-order valence-corrected chi connectivity index (χ0v) is 11.0. The Morgan fingerprint density at radius 3 is 3.17 bits per heavy atom. The van der Waals surface area contributed by atoms with Gasteiger partial charge < -0.3 is 15.2 Å². The van der Waals surface area contributed by atoms with Crippen LogP contribution in [0.2, 0.25) is 0 Å². The Labute approximate surface area is 108 Å². The van der Waals surface area contributed by atoms with Gasteiger partial charge in [0.2, 0.25) is 0 Å². The van der Waals surface area contributed by atoms with E-state index in [4.69, 9.17) is 15.2 Å². The summed E-state index contributed by atoms with van der Waals surface area (Å²) < 4.78 is 11.0. The first kappa shape index (κ1) is 13.3. The van der Waals surface area contributed by atoms with Crippen molar-refractivity contribution in [1.82, 2.24) is 4.98 Å². The summed E-state index contributed by atoms with van der Waals surface area (Å²) in [6, 6.07) is 2.00. The summed E-state index contributed by atoms with van der Waals surface area (Å²) in [7, 11) is 0. The van der Waals surface area contributed by atoms with E-state index in [1.54, 1.807) is 6.20 Å². The first-order valence-corrected chi connectivity index (χ1v) is 6.74. The second-order valence-electron chi connectivity index (χ2n) is 4.71. The fraction of sp³-hybridized carbons (Fsp3) is 0.643. The van der Waals surface area contributed by atoms with Crippen LogP contribution in [0.1, 0.15) is 44.2 Å². The van der Waals surface area contributed by atoms with Gasteiger partial charge in [-0.1, -0.05) is 0 Å². The highest BCUT2D eigenvalue weighted by Crippen LogP contribution is 2.23. The van der Waals surface area contributed by atoms with Gasteiger partial charge in [0.1, 0.15) is 5.75 Å². The molecular weight excluding hydrogens is 228 g/mol. The number of rotatable bonds is 6. The van der Waals surface area contributed by atoms with Crippen LogP contribution in [-0.4, -0.2) is 24.3 Å². The van der Waals surface area contributed by atoms with Crippen molar-refractivity contribution in [2.75, 3.05) is 13.2 Å². The van der Waals surface area contributed by atoms with Crippen LogP contribution in [0.15, 0.2) is 18.5 Å². The SMILES string of the molecule is CCOc1cncc(C(N)CCC2CCCO2)c1. The summed E-state index contributed by atoms with van der Waals surface area (Å²) in [4.78, 5) is 4.17. The van der Waals surface area contributed by atoms with E-state index in [2.05, 4.69) is 4.98 Å². The van der Waals surface area contributed by atoms with Gasteiger partial charge in [0, 0.05) is 18.8 Å². The van der Waals surface area contributed by atoms with E-state index in [9.17, 15) is 0 Å². The lowest BCUT2D eigenvalue weighted by Crippen LogP contribution is -2.14. The number of hydrogen-bond donors (Lipinski definition) is 1. The molecule has 1 aliphatic rings. The maximum Gasteiger partial charge on any atom is 0.137 e. The minimum atomic E-state index is 0.0158. The molecule has 4 heteroatoms. The number of nitrogens with two attached hydrogens (primary N) is 1. The van der Waals surface area contributed by atoms with Gasteiger partial charge >= 0.3 is 0 Å². The standard InChI is InChI=1S/C14H22N2O2/c1-2-17-13-8-11(9-16-10-13)14(15)6-5-12-4-3-7-18-12/h8-10,12,14H,2-7,15H2,1H3. The molecule has 0 spiro atoms. The molecule has 2 heterocycles. The molecule has 1 saturated heterocycles. The van der Waals surface area contributed by atoms with Crippen molar-refractivity contribution in [2.45, 2.75) is 44.8 Å². The largest absolute Gasteiger partial charge is 0.492 e. The van der Waals surface area contributed by atoms with Crippen LogP contribution in [0.3, 0.4) is 0 Å². The highest BCUT2D eigenvalue weighted by atomic mass is 16.5. The molecule has 18 heavy (non-hydrogen) atoms. The van der Waals surface area contributed by atoms with Crippen LogP contribution in [0.5, 0.6) is 5.75 Å². The van der Waals surface area contributed by atoms with Gasteiger partial charge in [-0.3, -0.25) is 4.98 Å². The highest BCUT2D eigenvalue weighted by Gasteiger charge is 2.17. The van der Waals surface area contributed by atoms with Crippen LogP contribution >= 0.6 is 0 Å². The molecule has 0 aromatic carbocycles. The zero-order chi connectivity index (χ0) is 12.8. The first-order valence-electron chi connectivity index (χ1n) is 6.74. The molecule has 2 N–H and O–H groups in total. The Balaban J connectivity index is 1.86. The molecule has 4 nitrogen and oxygen atoms in total. The van der Waals surface area contributed by atoms with E-state index in [0.717, 1.165) is 30.8 Å². The summed E-state index contributed by atoms with van der Waals surface area (Å²) in [5, 5.41) is 0. The average Bonchev–Trinajstić information content (AvgIpc) is 2.90. The van der Waals surface area contributed by atoms with Gasteiger partial charge in [0.05, 0.1) is 18.9 Å². The molecule has 2 atom stereocenters. The molecule has 0 saturated carbocycles. The van der Waals surface area contributed by atoms with Crippen molar-refractivity contribution in [3.8, 4) is 5.75 Å². The summed E-state index contributed by atoms with van der Waals surface area (Å²) in [6.07, 6.45) is 8.26. The lowest BCUT2D eigenvalue weighted by molar-refractivity contribution is 0.101. The maximum absolute atomic E-state index is 6.19. The Morgan fingerprint density at radius 2 is 2.44 bits per heavy atom. The number of aromatic nitrogens is 1. The second kappa shape index (κ2) is 6.71. The second-order valence-corrected chi connectivity index (χ2v) is 4.71. The molecule has 0 aliphatic carbocycles. The smallest absolute Gasteiger partial charge is 0.137 e. The molecule has 0 bridgehead atoms. The monoisotopic (exact) mass is 250 g/mol. The lowest BCUT2D eigenvalue weighted by atomic mass is 10.0. The van der Waals surface area contributed by atoms with E-state index in [-0.39, 0.29) is 6.04 Å². The molecule has 0 amide bonds. The minimum Gasteiger partial charge on any atom is -0.492 e. The molecular formula is C14H22N2O2. The van der Waals surface area contributed by atoms with Crippen LogP contribution in [0, 0.1) is 0 Å². The molecule has 2 unspecified atom stereocenters. The molecule has 1 aromatic heterocycles. The van der Waals surface area contributed by atoms with Crippen LogP contribution in [0.25, 0.3) is 0 Å². The van der Waals surface area contributed by atoms with Gasteiger partial charge in [-0.2, -0.15) is 0 Å². The molecule has 1 aliphatic heterocycles. The average molecular weight is 250 g/mol. The Morgan fingerprint density at radius 1 is 1.56 bits per heavy atom. The van der Waals surface area contributed by atoms with E-state index in [1.165, 1.54) is 12.8 Å². The molecule has 100 valence electrons. The third-order valence-corrected chi connectivity index (χ3v) is 3.30. The van der Waals surface area contributed by atoms with Gasteiger partial charge in [0.15, 0.2) is 0 Å². The van der Waals surface area contributed by atoms with Crippen LogP contribution in [0.4, 0.5) is 0 Å². The first-order chi connectivity index (χ1) is 8.79. The van der Waals surface area contributed by atoms with Crippen molar-refractivity contribution in [2.24, 2.45) is 5.73 Å². The Hall–Kier alpha value is -1.13. The van der Waals surface area contributed by atoms with Crippen molar-refractivity contribution >= 4 is 0 Å². The summed E-state index contributed by atoms with van der Waals surface area (Å²) in [6.45, 7) is 3.52. The van der Waals surface area contributed by atoms with Crippen LogP contribution < -0.4 is 10.5 Å². The molecule has 0 radical (unpaired) electrons.